The molecule has 1 aromatic carbocycles. The maximum Gasteiger partial charge on any atom is 0.242 e. The molecule has 114 valence electrons. The van der Waals surface area contributed by atoms with Crippen molar-refractivity contribution in [1.29, 1.82) is 0 Å². The van der Waals surface area contributed by atoms with Crippen LogP contribution in [-0.2, 0) is 4.79 Å². The first-order valence-corrected chi connectivity index (χ1v) is 7.90. The van der Waals surface area contributed by atoms with E-state index in [1.54, 1.807) is 0 Å². The Balaban J connectivity index is 1.71. The van der Waals surface area contributed by atoms with Crippen molar-refractivity contribution >= 4 is 17.3 Å². The highest BCUT2D eigenvalue weighted by molar-refractivity contribution is 5.97. The van der Waals surface area contributed by atoms with E-state index in [0.29, 0.717) is 6.04 Å². The van der Waals surface area contributed by atoms with Crippen LogP contribution in [0.3, 0.4) is 0 Å². The van der Waals surface area contributed by atoms with Crippen LogP contribution < -0.4 is 21.1 Å². The van der Waals surface area contributed by atoms with E-state index in [1.165, 1.54) is 19.3 Å². The van der Waals surface area contributed by atoms with Gasteiger partial charge in [-0.05, 0) is 44.7 Å². The van der Waals surface area contributed by atoms with Crippen molar-refractivity contribution in [2.24, 2.45) is 0 Å². The number of para-hydroxylation sites is 2. The van der Waals surface area contributed by atoms with Gasteiger partial charge in [0.2, 0.25) is 5.91 Å². The SMILES string of the molecule is CC1CC(C(=O)Nc2ccccc2N2CCCCC2)NN1. The molecule has 2 heterocycles. The summed E-state index contributed by atoms with van der Waals surface area (Å²) in [6, 6.07) is 8.29. The summed E-state index contributed by atoms with van der Waals surface area (Å²) < 4.78 is 0. The lowest BCUT2D eigenvalue weighted by atomic mass is 10.1. The van der Waals surface area contributed by atoms with Crippen LogP contribution in [-0.4, -0.2) is 31.1 Å². The van der Waals surface area contributed by atoms with Crippen LogP contribution in [0.15, 0.2) is 24.3 Å². The first-order chi connectivity index (χ1) is 10.2. The molecule has 0 aliphatic carbocycles. The minimum Gasteiger partial charge on any atom is -0.370 e. The van der Waals surface area contributed by atoms with Gasteiger partial charge in [0.05, 0.1) is 11.4 Å². The van der Waals surface area contributed by atoms with Gasteiger partial charge in [0, 0.05) is 19.1 Å². The standard InChI is InChI=1S/C16H24N4O/c1-12-11-14(19-18-12)16(21)17-13-7-3-4-8-15(13)20-9-5-2-6-10-20/h3-4,7-8,12,14,18-19H,2,5-6,9-11H2,1H3,(H,17,21). The number of hydrogen-bond donors (Lipinski definition) is 3. The second kappa shape index (κ2) is 6.45. The quantitative estimate of drug-likeness (QED) is 0.795. The van der Waals surface area contributed by atoms with Crippen LogP contribution in [0.1, 0.15) is 32.6 Å². The Morgan fingerprint density at radius 3 is 2.67 bits per heavy atom. The van der Waals surface area contributed by atoms with Crippen molar-refractivity contribution in [3.8, 4) is 0 Å². The van der Waals surface area contributed by atoms with E-state index in [0.717, 1.165) is 30.9 Å². The number of nitrogens with zero attached hydrogens (tertiary/aromatic N) is 1. The third-order valence-electron chi connectivity index (χ3n) is 4.27. The summed E-state index contributed by atoms with van der Waals surface area (Å²) in [6.07, 6.45) is 4.58. The van der Waals surface area contributed by atoms with E-state index in [1.807, 2.05) is 18.2 Å². The number of anilines is 2. The van der Waals surface area contributed by atoms with Gasteiger partial charge in [-0.1, -0.05) is 12.1 Å². The van der Waals surface area contributed by atoms with Crippen molar-refractivity contribution in [3.05, 3.63) is 24.3 Å². The minimum absolute atomic E-state index is 0.0382. The molecule has 1 aromatic rings. The Morgan fingerprint density at radius 1 is 1.19 bits per heavy atom. The van der Waals surface area contributed by atoms with Crippen LogP contribution in [0, 0.1) is 0 Å². The minimum atomic E-state index is -0.158. The van der Waals surface area contributed by atoms with Gasteiger partial charge in [-0.3, -0.25) is 10.2 Å². The number of carbonyl (C=O) groups is 1. The molecule has 2 fully saturated rings. The van der Waals surface area contributed by atoms with Crippen molar-refractivity contribution in [2.45, 2.75) is 44.7 Å². The molecular weight excluding hydrogens is 264 g/mol. The summed E-state index contributed by atoms with van der Waals surface area (Å²) in [6.45, 7) is 4.22. The number of piperidine rings is 1. The normalized spacial score (nSPS) is 25.9. The zero-order valence-electron chi connectivity index (χ0n) is 12.6. The molecule has 2 atom stereocenters. The predicted molar refractivity (Wildman–Crippen MR) is 85.3 cm³/mol. The smallest absolute Gasteiger partial charge is 0.242 e. The zero-order chi connectivity index (χ0) is 14.7. The third-order valence-corrected chi connectivity index (χ3v) is 4.27. The number of amides is 1. The number of benzene rings is 1. The molecule has 5 heteroatoms. The van der Waals surface area contributed by atoms with Crippen molar-refractivity contribution in [1.82, 2.24) is 10.9 Å². The molecule has 3 N–H and O–H groups in total. The van der Waals surface area contributed by atoms with Gasteiger partial charge in [0.25, 0.3) is 0 Å². The fourth-order valence-corrected chi connectivity index (χ4v) is 3.10. The highest BCUT2D eigenvalue weighted by Crippen LogP contribution is 2.28. The molecule has 0 radical (unpaired) electrons. The molecule has 0 spiro atoms. The third kappa shape index (κ3) is 3.36. The van der Waals surface area contributed by atoms with Gasteiger partial charge in [-0.2, -0.15) is 0 Å². The van der Waals surface area contributed by atoms with E-state index < -0.39 is 0 Å². The van der Waals surface area contributed by atoms with Gasteiger partial charge in [-0.25, -0.2) is 5.43 Å². The molecule has 2 unspecified atom stereocenters. The first-order valence-electron chi connectivity index (χ1n) is 7.90. The molecule has 5 nitrogen and oxygen atoms in total. The van der Waals surface area contributed by atoms with Gasteiger partial charge in [-0.15, -0.1) is 0 Å². The monoisotopic (exact) mass is 288 g/mol. The molecule has 21 heavy (non-hydrogen) atoms. The van der Waals surface area contributed by atoms with Crippen LogP contribution in [0.25, 0.3) is 0 Å². The maximum absolute atomic E-state index is 12.4. The second-order valence-electron chi connectivity index (χ2n) is 6.03. The van der Waals surface area contributed by atoms with Gasteiger partial charge < -0.3 is 10.2 Å². The Labute approximate surface area is 126 Å². The summed E-state index contributed by atoms with van der Waals surface area (Å²) in [4.78, 5) is 14.7. The van der Waals surface area contributed by atoms with Gasteiger partial charge in [0.15, 0.2) is 0 Å². The topological polar surface area (TPSA) is 56.4 Å². The Kier molecular flexibility index (Phi) is 4.41. The molecular formula is C16H24N4O. The van der Waals surface area contributed by atoms with Crippen LogP contribution in [0.4, 0.5) is 11.4 Å². The number of hydrogen-bond acceptors (Lipinski definition) is 4. The van der Waals surface area contributed by atoms with E-state index in [9.17, 15) is 4.79 Å². The van der Waals surface area contributed by atoms with E-state index in [4.69, 9.17) is 0 Å². The lowest BCUT2D eigenvalue weighted by Gasteiger charge is -2.30. The highest BCUT2D eigenvalue weighted by atomic mass is 16.2. The van der Waals surface area contributed by atoms with Gasteiger partial charge in [0.1, 0.15) is 6.04 Å². The average Bonchev–Trinajstić information content (AvgIpc) is 2.95. The molecule has 2 aliphatic rings. The fraction of sp³-hybridized carbons (Fsp3) is 0.562. The lowest BCUT2D eigenvalue weighted by molar-refractivity contribution is -0.117. The summed E-state index contributed by atoms with van der Waals surface area (Å²) >= 11 is 0. The van der Waals surface area contributed by atoms with E-state index in [-0.39, 0.29) is 11.9 Å². The van der Waals surface area contributed by atoms with Crippen LogP contribution >= 0.6 is 0 Å². The number of rotatable bonds is 3. The zero-order valence-corrected chi connectivity index (χ0v) is 12.6. The summed E-state index contributed by atoms with van der Waals surface area (Å²) in [7, 11) is 0. The molecule has 2 aliphatic heterocycles. The van der Waals surface area contributed by atoms with Crippen LogP contribution in [0.5, 0.6) is 0 Å². The summed E-state index contributed by atoms with van der Waals surface area (Å²) in [5, 5.41) is 3.09. The summed E-state index contributed by atoms with van der Waals surface area (Å²) in [5.74, 6) is 0.0382. The highest BCUT2D eigenvalue weighted by Gasteiger charge is 2.27. The van der Waals surface area contributed by atoms with Crippen molar-refractivity contribution < 1.29 is 4.79 Å². The average molecular weight is 288 g/mol. The maximum atomic E-state index is 12.4. The fourth-order valence-electron chi connectivity index (χ4n) is 3.10. The number of nitrogens with one attached hydrogen (secondary N) is 3. The first kappa shape index (κ1) is 14.4. The second-order valence-corrected chi connectivity index (χ2v) is 6.03. The van der Waals surface area contributed by atoms with Crippen molar-refractivity contribution in [3.63, 3.8) is 0 Å². The van der Waals surface area contributed by atoms with E-state index in [2.05, 4.69) is 34.1 Å². The Hall–Kier alpha value is -1.59. The molecule has 0 bridgehead atoms. The van der Waals surface area contributed by atoms with E-state index >= 15 is 0 Å². The Morgan fingerprint density at radius 2 is 1.95 bits per heavy atom. The van der Waals surface area contributed by atoms with Crippen molar-refractivity contribution in [2.75, 3.05) is 23.3 Å². The summed E-state index contributed by atoms with van der Waals surface area (Å²) in [5.41, 5.74) is 8.21. The molecule has 0 aromatic heterocycles. The van der Waals surface area contributed by atoms with Crippen LogP contribution in [0.2, 0.25) is 0 Å². The largest absolute Gasteiger partial charge is 0.370 e. The van der Waals surface area contributed by atoms with Gasteiger partial charge >= 0.3 is 0 Å². The molecule has 1 amide bonds. The lowest BCUT2D eigenvalue weighted by Crippen LogP contribution is -2.40. The predicted octanol–water partition coefficient (Wildman–Crippen LogP) is 1.87. The number of carbonyl (C=O) groups excluding carboxylic acids is 1. The molecule has 3 rings (SSSR count). The molecule has 0 saturated carbocycles. The molecule has 2 saturated heterocycles. The Bertz CT molecular complexity index is 499. The number of hydrazine groups is 1.